The molecule has 3 aromatic rings. The Bertz CT molecular complexity index is 1140. The Hall–Kier alpha value is -3.01. The second-order valence-electron chi connectivity index (χ2n) is 5.50. The van der Waals surface area contributed by atoms with E-state index in [0.717, 1.165) is 5.56 Å². The van der Waals surface area contributed by atoms with E-state index < -0.39 is 21.3 Å². The largest absolute Gasteiger partial charge is 0.382 e. The van der Waals surface area contributed by atoms with Crippen molar-refractivity contribution in [1.29, 1.82) is 0 Å². The number of benzene rings is 1. The van der Waals surface area contributed by atoms with E-state index in [1.807, 2.05) is 30.3 Å². The van der Waals surface area contributed by atoms with E-state index in [0.29, 0.717) is 0 Å². The van der Waals surface area contributed by atoms with Gasteiger partial charge < -0.3 is 10.7 Å². The van der Waals surface area contributed by atoms with Gasteiger partial charge in [-0.2, -0.15) is 9.35 Å². The summed E-state index contributed by atoms with van der Waals surface area (Å²) in [6.07, 6.45) is 1.25. The summed E-state index contributed by atoms with van der Waals surface area (Å²) >= 11 is 0. The normalized spacial score (nSPS) is 13.5. The molecule has 0 aliphatic carbocycles. The van der Waals surface area contributed by atoms with Crippen LogP contribution in [0.15, 0.2) is 44.6 Å². The minimum Gasteiger partial charge on any atom is -0.382 e. The topological polar surface area (TPSA) is 136 Å². The van der Waals surface area contributed by atoms with Crippen LogP contribution < -0.4 is 11.4 Å². The Morgan fingerprint density at radius 2 is 2.00 bits per heavy atom. The molecule has 130 valence electrons. The first-order chi connectivity index (χ1) is 11.8. The lowest BCUT2D eigenvalue weighted by molar-refractivity contribution is -0.115. The van der Waals surface area contributed by atoms with Crippen molar-refractivity contribution in [2.75, 3.05) is 12.0 Å². The summed E-state index contributed by atoms with van der Waals surface area (Å²) in [4.78, 5) is 34.2. The number of amides is 1. The number of aromatic nitrogens is 4. The molecule has 10 heteroatoms. The number of nitrogens with zero attached hydrogens (tertiary/aromatic N) is 4. The van der Waals surface area contributed by atoms with Crippen LogP contribution in [0.1, 0.15) is 12.5 Å². The summed E-state index contributed by atoms with van der Waals surface area (Å²) in [6, 6.07) is 9.31. The van der Waals surface area contributed by atoms with Crippen LogP contribution >= 0.6 is 0 Å². The van der Waals surface area contributed by atoms with Gasteiger partial charge in [-0.05, 0) is 5.56 Å². The molecule has 0 fully saturated rings. The van der Waals surface area contributed by atoms with Crippen molar-refractivity contribution < 1.29 is 9.00 Å². The van der Waals surface area contributed by atoms with Gasteiger partial charge in [0.15, 0.2) is 11.5 Å². The zero-order chi connectivity index (χ0) is 18.2. The number of rotatable bonds is 3. The zero-order valence-corrected chi connectivity index (χ0v) is 14.4. The van der Waals surface area contributed by atoms with E-state index in [1.165, 1.54) is 17.7 Å². The molecule has 0 aliphatic rings. The molecule has 0 saturated carbocycles. The molecule has 0 aliphatic heterocycles. The highest BCUT2D eigenvalue weighted by Crippen LogP contribution is 2.18. The van der Waals surface area contributed by atoms with Crippen LogP contribution in [0.25, 0.3) is 11.2 Å². The van der Waals surface area contributed by atoms with Crippen molar-refractivity contribution in [3.63, 3.8) is 0 Å². The zero-order valence-electron chi connectivity index (χ0n) is 13.6. The highest BCUT2D eigenvalue weighted by Gasteiger charge is 2.19. The molecule has 1 atom stereocenters. The van der Waals surface area contributed by atoms with Gasteiger partial charge in [0.05, 0.1) is 6.54 Å². The third kappa shape index (κ3) is 3.29. The van der Waals surface area contributed by atoms with Crippen LogP contribution in [0.2, 0.25) is 0 Å². The highest BCUT2D eigenvalue weighted by atomic mass is 32.2. The molecule has 9 nitrogen and oxygen atoms in total. The quantitative estimate of drug-likeness (QED) is 0.662. The lowest BCUT2D eigenvalue weighted by Crippen LogP contribution is -2.18. The molecule has 1 amide bonds. The SMILES string of the molecule is CC(=O)N=S(C)(=O)c1nc(N)c2[nH]c(=O)n(Cc3ccccc3)c2n1. The van der Waals surface area contributed by atoms with E-state index in [4.69, 9.17) is 5.73 Å². The molecule has 1 aromatic carbocycles. The standard InChI is InChI=1S/C15H16N6O3S/c1-9(22)20-25(2,24)14-18-12(16)11-13(19-14)21(15(23)17-11)8-10-6-4-3-5-7-10/h3-7H,8H2,1-2H3,(H,17,23)(H2,16,18,19). The maximum absolute atomic E-state index is 12.6. The van der Waals surface area contributed by atoms with Gasteiger partial charge in [-0.15, -0.1) is 0 Å². The first kappa shape index (κ1) is 16.8. The minimum atomic E-state index is -3.16. The number of anilines is 1. The number of hydrogen-bond acceptors (Lipinski definition) is 6. The number of carbonyl (C=O) groups excluding carboxylic acids is 1. The maximum Gasteiger partial charge on any atom is 0.328 e. The van der Waals surface area contributed by atoms with Crippen molar-refractivity contribution >= 4 is 32.6 Å². The van der Waals surface area contributed by atoms with Crippen molar-refractivity contribution in [3.05, 3.63) is 46.4 Å². The van der Waals surface area contributed by atoms with Gasteiger partial charge >= 0.3 is 5.69 Å². The predicted molar refractivity (Wildman–Crippen MR) is 93.5 cm³/mol. The van der Waals surface area contributed by atoms with Crippen LogP contribution in [0.4, 0.5) is 5.82 Å². The number of nitrogen functional groups attached to an aromatic ring is 1. The average molecular weight is 360 g/mol. The second-order valence-corrected chi connectivity index (χ2v) is 7.66. The van der Waals surface area contributed by atoms with Gasteiger partial charge in [-0.3, -0.25) is 9.36 Å². The monoisotopic (exact) mass is 360 g/mol. The number of imidazole rings is 1. The predicted octanol–water partition coefficient (Wildman–Crippen LogP) is 0.753. The number of H-pyrrole nitrogens is 1. The first-order valence-electron chi connectivity index (χ1n) is 7.30. The van der Waals surface area contributed by atoms with Crippen LogP contribution in [0.3, 0.4) is 0 Å². The molecule has 2 aromatic heterocycles. The van der Waals surface area contributed by atoms with Gasteiger partial charge in [0.2, 0.25) is 5.16 Å². The fourth-order valence-electron chi connectivity index (χ4n) is 2.40. The van der Waals surface area contributed by atoms with Crippen molar-refractivity contribution in [2.24, 2.45) is 4.36 Å². The summed E-state index contributed by atoms with van der Waals surface area (Å²) in [5.41, 5.74) is 6.81. The van der Waals surface area contributed by atoms with Gasteiger partial charge in [0, 0.05) is 13.2 Å². The molecule has 3 N–H and O–H groups in total. The molecule has 0 radical (unpaired) electrons. The van der Waals surface area contributed by atoms with E-state index in [-0.39, 0.29) is 28.7 Å². The summed E-state index contributed by atoms with van der Waals surface area (Å²) < 4.78 is 17.5. The van der Waals surface area contributed by atoms with Gasteiger partial charge in [0.1, 0.15) is 15.2 Å². The summed E-state index contributed by atoms with van der Waals surface area (Å²) in [5.74, 6) is -0.636. The number of carbonyl (C=O) groups is 1. The number of hydrogen-bond donors (Lipinski definition) is 2. The molecular formula is C15H16N6O3S. The molecule has 1 unspecified atom stereocenters. The summed E-state index contributed by atoms with van der Waals surface area (Å²) in [6.45, 7) is 1.44. The van der Waals surface area contributed by atoms with Crippen molar-refractivity contribution in [1.82, 2.24) is 19.5 Å². The van der Waals surface area contributed by atoms with Crippen molar-refractivity contribution in [2.45, 2.75) is 18.6 Å². The Morgan fingerprint density at radius 3 is 2.64 bits per heavy atom. The summed E-state index contributed by atoms with van der Waals surface area (Å²) in [7, 11) is -3.16. The highest BCUT2D eigenvalue weighted by molar-refractivity contribution is 7.93. The Balaban J connectivity index is 2.23. The number of aromatic amines is 1. The lowest BCUT2D eigenvalue weighted by Gasteiger charge is -2.06. The fraction of sp³-hybridized carbons (Fsp3) is 0.200. The number of nitrogens with one attached hydrogen (secondary N) is 1. The Kier molecular flexibility index (Phi) is 4.13. The van der Waals surface area contributed by atoms with E-state index in [1.54, 1.807) is 0 Å². The molecular weight excluding hydrogens is 344 g/mol. The number of nitrogens with two attached hydrogens (primary N) is 1. The first-order valence-corrected chi connectivity index (χ1v) is 9.23. The van der Waals surface area contributed by atoms with E-state index >= 15 is 0 Å². The third-order valence-corrected chi connectivity index (χ3v) is 4.92. The van der Waals surface area contributed by atoms with E-state index in [9.17, 15) is 13.8 Å². The van der Waals surface area contributed by atoms with Gasteiger partial charge in [0.25, 0.3) is 5.91 Å². The third-order valence-electron chi connectivity index (χ3n) is 3.46. The second kappa shape index (κ2) is 6.13. The van der Waals surface area contributed by atoms with Crippen molar-refractivity contribution in [3.8, 4) is 0 Å². The lowest BCUT2D eigenvalue weighted by atomic mass is 10.2. The molecule has 0 bridgehead atoms. The Morgan fingerprint density at radius 1 is 1.32 bits per heavy atom. The smallest absolute Gasteiger partial charge is 0.328 e. The molecule has 3 rings (SSSR count). The minimum absolute atomic E-state index is 0.0303. The maximum atomic E-state index is 12.6. The van der Waals surface area contributed by atoms with Gasteiger partial charge in [-0.25, -0.2) is 14.0 Å². The molecule has 0 saturated heterocycles. The van der Waals surface area contributed by atoms with Crippen LogP contribution in [0.5, 0.6) is 0 Å². The van der Waals surface area contributed by atoms with Crippen LogP contribution in [0, 0.1) is 0 Å². The Labute approximate surface area is 143 Å². The molecule has 2 heterocycles. The van der Waals surface area contributed by atoms with E-state index in [2.05, 4.69) is 19.3 Å². The number of fused-ring (bicyclic) bond motifs is 1. The average Bonchev–Trinajstić information content (AvgIpc) is 2.84. The summed E-state index contributed by atoms with van der Waals surface area (Å²) in [5, 5.41) is -0.187. The molecule has 0 spiro atoms. The van der Waals surface area contributed by atoms with Crippen LogP contribution in [-0.2, 0) is 21.1 Å². The van der Waals surface area contributed by atoms with Gasteiger partial charge in [-0.1, -0.05) is 30.3 Å². The fourth-order valence-corrected chi connectivity index (χ4v) is 3.49. The molecule has 25 heavy (non-hydrogen) atoms. The van der Waals surface area contributed by atoms with Crippen LogP contribution in [-0.4, -0.2) is 35.9 Å².